The molecule has 0 saturated carbocycles. The molecule has 26 heavy (non-hydrogen) atoms. The number of hydrogen-bond acceptors (Lipinski definition) is 2. The van der Waals surface area contributed by atoms with Gasteiger partial charge in [0, 0.05) is 5.92 Å². The molecular formula is C24H24O2. The zero-order valence-corrected chi connectivity index (χ0v) is 14.9. The molecular weight excluding hydrogens is 320 g/mol. The van der Waals surface area contributed by atoms with Gasteiger partial charge in [-0.2, -0.15) is 0 Å². The maximum absolute atomic E-state index is 6.15. The monoisotopic (exact) mass is 344 g/mol. The third kappa shape index (κ3) is 3.57. The highest BCUT2D eigenvalue weighted by atomic mass is 16.5. The summed E-state index contributed by atoms with van der Waals surface area (Å²) in [6.45, 7) is 5.28. The van der Waals surface area contributed by atoms with E-state index in [9.17, 15) is 0 Å². The lowest BCUT2D eigenvalue weighted by Gasteiger charge is -2.24. The van der Waals surface area contributed by atoms with E-state index in [1.165, 1.54) is 16.7 Å². The van der Waals surface area contributed by atoms with Crippen molar-refractivity contribution in [2.24, 2.45) is 5.92 Å². The highest BCUT2D eigenvalue weighted by Crippen LogP contribution is 2.43. The van der Waals surface area contributed by atoms with Gasteiger partial charge in [0.05, 0.1) is 19.3 Å². The van der Waals surface area contributed by atoms with Crippen molar-refractivity contribution in [1.29, 1.82) is 0 Å². The van der Waals surface area contributed by atoms with E-state index in [2.05, 4.69) is 55.1 Å². The molecule has 2 nitrogen and oxygen atoms in total. The highest BCUT2D eigenvalue weighted by molar-refractivity contribution is 5.34. The van der Waals surface area contributed by atoms with Gasteiger partial charge in [0.2, 0.25) is 0 Å². The van der Waals surface area contributed by atoms with Crippen LogP contribution in [0, 0.1) is 5.92 Å². The lowest BCUT2D eigenvalue weighted by atomic mass is 9.83. The molecule has 2 aromatic rings. The minimum absolute atomic E-state index is 0.0766. The van der Waals surface area contributed by atoms with Crippen LogP contribution >= 0.6 is 0 Å². The number of benzene rings is 2. The Kier molecular flexibility index (Phi) is 5.14. The predicted octanol–water partition coefficient (Wildman–Crippen LogP) is 5.57. The number of fused-ring (bicyclic) bond motifs is 1. The normalized spacial score (nSPS) is 22.9. The van der Waals surface area contributed by atoms with Crippen LogP contribution in [0.4, 0.5) is 0 Å². The van der Waals surface area contributed by atoms with Crippen LogP contribution in [0.25, 0.3) is 0 Å². The zero-order chi connectivity index (χ0) is 17.8. The summed E-state index contributed by atoms with van der Waals surface area (Å²) in [6, 6.07) is 20.8. The van der Waals surface area contributed by atoms with E-state index in [1.807, 2.05) is 30.3 Å². The van der Waals surface area contributed by atoms with Crippen LogP contribution in [0.15, 0.2) is 96.6 Å². The second-order valence-corrected chi connectivity index (χ2v) is 6.90. The molecule has 1 aliphatic carbocycles. The van der Waals surface area contributed by atoms with Gasteiger partial charge in [0.15, 0.2) is 0 Å². The summed E-state index contributed by atoms with van der Waals surface area (Å²) < 4.78 is 12.2. The molecule has 4 rings (SSSR count). The summed E-state index contributed by atoms with van der Waals surface area (Å²) in [4.78, 5) is 0. The van der Waals surface area contributed by atoms with Gasteiger partial charge in [-0.25, -0.2) is 0 Å². The molecule has 0 N–H and O–H groups in total. The molecule has 1 aliphatic heterocycles. The third-order valence-electron chi connectivity index (χ3n) is 5.21. The van der Waals surface area contributed by atoms with Crippen molar-refractivity contribution in [3.8, 4) is 0 Å². The Morgan fingerprint density at radius 1 is 1.04 bits per heavy atom. The SMILES string of the molecule is C=CC(OCC1=CC=C2CO[C@H](c3ccccc3)[C@@H]2C1)c1ccccc1. The molecule has 1 unspecified atom stereocenters. The average molecular weight is 344 g/mol. The lowest BCUT2D eigenvalue weighted by molar-refractivity contribution is 0.0837. The Bertz CT molecular complexity index is 805. The largest absolute Gasteiger partial charge is 0.369 e. The molecule has 0 radical (unpaired) electrons. The fourth-order valence-electron chi connectivity index (χ4n) is 3.81. The fraction of sp³-hybridized carbons (Fsp3) is 0.250. The number of rotatable bonds is 6. The number of ether oxygens (including phenoxy) is 2. The maximum atomic E-state index is 6.15. The van der Waals surface area contributed by atoms with E-state index in [4.69, 9.17) is 9.47 Å². The van der Waals surface area contributed by atoms with Crippen molar-refractivity contribution in [2.45, 2.75) is 18.6 Å². The first kappa shape index (κ1) is 17.0. The summed E-state index contributed by atoms with van der Waals surface area (Å²) >= 11 is 0. The molecule has 0 bridgehead atoms. The van der Waals surface area contributed by atoms with Crippen molar-refractivity contribution in [3.63, 3.8) is 0 Å². The van der Waals surface area contributed by atoms with Gasteiger partial charge in [-0.3, -0.25) is 0 Å². The lowest BCUT2D eigenvalue weighted by Crippen LogP contribution is -2.15. The molecule has 1 heterocycles. The summed E-state index contributed by atoms with van der Waals surface area (Å²) in [5.74, 6) is 0.417. The molecule has 3 atom stereocenters. The molecule has 2 aliphatic rings. The Hall–Kier alpha value is -2.42. The fourth-order valence-corrected chi connectivity index (χ4v) is 3.81. The van der Waals surface area contributed by atoms with Crippen molar-refractivity contribution in [1.82, 2.24) is 0 Å². The van der Waals surface area contributed by atoms with Crippen LogP contribution in [0.3, 0.4) is 0 Å². The highest BCUT2D eigenvalue weighted by Gasteiger charge is 2.35. The Labute approximate surface area is 155 Å². The van der Waals surface area contributed by atoms with Crippen LogP contribution in [-0.2, 0) is 9.47 Å². The number of allylic oxidation sites excluding steroid dienone is 2. The number of hydrogen-bond donors (Lipinski definition) is 0. The van der Waals surface area contributed by atoms with Crippen LogP contribution < -0.4 is 0 Å². The quantitative estimate of drug-likeness (QED) is 0.637. The molecule has 0 spiro atoms. The van der Waals surface area contributed by atoms with E-state index in [0.717, 1.165) is 18.6 Å². The standard InChI is InChI=1S/C24H24O2/c1-2-23(19-9-5-3-6-10-19)25-16-18-13-14-21-17-26-24(22(21)15-18)20-11-7-4-8-12-20/h2-14,22-24H,1,15-17H2/t22-,23?,24-/m1/s1. The summed E-state index contributed by atoms with van der Waals surface area (Å²) in [7, 11) is 0. The summed E-state index contributed by atoms with van der Waals surface area (Å²) in [5, 5.41) is 0. The van der Waals surface area contributed by atoms with E-state index < -0.39 is 0 Å². The predicted molar refractivity (Wildman–Crippen MR) is 105 cm³/mol. The van der Waals surface area contributed by atoms with Gasteiger partial charge in [0.1, 0.15) is 6.10 Å². The second-order valence-electron chi connectivity index (χ2n) is 6.90. The smallest absolute Gasteiger partial charge is 0.101 e. The van der Waals surface area contributed by atoms with Crippen LogP contribution in [0.5, 0.6) is 0 Å². The van der Waals surface area contributed by atoms with Crippen molar-refractivity contribution >= 4 is 0 Å². The van der Waals surface area contributed by atoms with Gasteiger partial charge in [-0.15, -0.1) is 6.58 Å². The van der Waals surface area contributed by atoms with Crippen LogP contribution in [0.1, 0.15) is 29.8 Å². The zero-order valence-electron chi connectivity index (χ0n) is 14.9. The average Bonchev–Trinajstić information content (AvgIpc) is 3.13. The summed E-state index contributed by atoms with van der Waals surface area (Å²) in [6.07, 6.45) is 7.35. The van der Waals surface area contributed by atoms with Crippen molar-refractivity contribution < 1.29 is 9.47 Å². The molecule has 132 valence electrons. The van der Waals surface area contributed by atoms with Crippen molar-refractivity contribution in [3.05, 3.63) is 108 Å². The first-order chi connectivity index (χ1) is 12.8. The van der Waals surface area contributed by atoms with E-state index in [-0.39, 0.29) is 12.2 Å². The van der Waals surface area contributed by atoms with Gasteiger partial charge < -0.3 is 9.47 Å². The van der Waals surface area contributed by atoms with Gasteiger partial charge >= 0.3 is 0 Å². The Morgan fingerprint density at radius 3 is 2.50 bits per heavy atom. The Morgan fingerprint density at radius 2 is 1.77 bits per heavy atom. The van der Waals surface area contributed by atoms with E-state index in [0.29, 0.717) is 12.5 Å². The third-order valence-corrected chi connectivity index (χ3v) is 5.21. The van der Waals surface area contributed by atoms with Crippen LogP contribution in [-0.4, -0.2) is 13.2 Å². The van der Waals surface area contributed by atoms with Gasteiger partial charge in [-0.05, 0) is 28.7 Å². The minimum atomic E-state index is -0.0766. The molecule has 1 saturated heterocycles. The molecule has 2 aromatic carbocycles. The van der Waals surface area contributed by atoms with E-state index in [1.54, 1.807) is 0 Å². The molecule has 2 heteroatoms. The minimum Gasteiger partial charge on any atom is -0.369 e. The first-order valence-electron chi connectivity index (χ1n) is 9.19. The van der Waals surface area contributed by atoms with Gasteiger partial charge in [0.25, 0.3) is 0 Å². The van der Waals surface area contributed by atoms with Crippen molar-refractivity contribution in [2.75, 3.05) is 13.2 Å². The van der Waals surface area contributed by atoms with Crippen LogP contribution in [0.2, 0.25) is 0 Å². The Balaban J connectivity index is 1.42. The molecule has 0 aromatic heterocycles. The topological polar surface area (TPSA) is 18.5 Å². The maximum Gasteiger partial charge on any atom is 0.101 e. The van der Waals surface area contributed by atoms with E-state index >= 15 is 0 Å². The molecule has 1 fully saturated rings. The van der Waals surface area contributed by atoms with Gasteiger partial charge in [-0.1, -0.05) is 78.9 Å². The second kappa shape index (κ2) is 7.86. The molecule has 0 amide bonds. The summed E-state index contributed by atoms with van der Waals surface area (Å²) in [5.41, 5.74) is 5.11. The first-order valence-corrected chi connectivity index (χ1v) is 9.19.